The molecular formula is C34H32N4O4S. The van der Waals surface area contributed by atoms with Gasteiger partial charge in [0.2, 0.25) is 5.91 Å². The Labute approximate surface area is 254 Å². The number of rotatable bonds is 10. The van der Waals surface area contributed by atoms with Crippen molar-refractivity contribution in [3.8, 4) is 11.4 Å². The Bertz CT molecular complexity index is 1800. The molecule has 5 aromatic rings. The zero-order valence-corrected chi connectivity index (χ0v) is 25.0. The fourth-order valence-electron chi connectivity index (χ4n) is 4.48. The average Bonchev–Trinajstić information content (AvgIpc) is 3.01. The van der Waals surface area contributed by atoms with Crippen molar-refractivity contribution >= 4 is 45.9 Å². The Morgan fingerprint density at radius 3 is 2.19 bits per heavy atom. The third kappa shape index (κ3) is 7.13. The monoisotopic (exact) mass is 592 g/mol. The molecule has 0 aliphatic carbocycles. The van der Waals surface area contributed by atoms with E-state index in [1.165, 1.54) is 17.3 Å². The van der Waals surface area contributed by atoms with E-state index in [9.17, 15) is 14.4 Å². The summed E-state index contributed by atoms with van der Waals surface area (Å²) in [4.78, 5) is 43.8. The predicted molar refractivity (Wildman–Crippen MR) is 173 cm³/mol. The Morgan fingerprint density at radius 2 is 1.51 bits per heavy atom. The molecule has 0 aliphatic heterocycles. The molecule has 9 heteroatoms. The lowest BCUT2D eigenvalue weighted by Gasteiger charge is -2.14. The maximum Gasteiger partial charge on any atom is 0.266 e. The lowest BCUT2D eigenvalue weighted by molar-refractivity contribution is -0.113. The fraction of sp³-hybridized carbons (Fsp3) is 0.176. The van der Waals surface area contributed by atoms with Crippen LogP contribution in [0.5, 0.6) is 5.75 Å². The van der Waals surface area contributed by atoms with E-state index < -0.39 is 0 Å². The minimum atomic E-state index is -0.264. The molecule has 0 aliphatic rings. The summed E-state index contributed by atoms with van der Waals surface area (Å²) in [5.74, 6) is 0.605. The zero-order valence-electron chi connectivity index (χ0n) is 24.2. The maximum atomic E-state index is 13.5. The Morgan fingerprint density at radius 1 is 0.860 bits per heavy atom. The molecule has 4 aromatic carbocycles. The third-order valence-electron chi connectivity index (χ3n) is 6.75. The van der Waals surface area contributed by atoms with Gasteiger partial charge in [0.05, 0.1) is 29.0 Å². The van der Waals surface area contributed by atoms with E-state index in [0.717, 1.165) is 5.75 Å². The Hall–Kier alpha value is -4.89. The second kappa shape index (κ2) is 13.4. The van der Waals surface area contributed by atoms with Crippen molar-refractivity contribution in [2.45, 2.75) is 31.8 Å². The predicted octanol–water partition coefficient (Wildman–Crippen LogP) is 6.89. The SMILES string of the molecule is CCOc1ccc(NC(=O)c2ccc(NC(=O)CSc3nc4ccccc4c(=O)n3-c3ccc(C(C)C)cc3)cc2)cc1. The van der Waals surface area contributed by atoms with Crippen molar-refractivity contribution in [1.82, 2.24) is 9.55 Å². The molecule has 1 heterocycles. The number of hydrogen-bond acceptors (Lipinski definition) is 6. The minimum Gasteiger partial charge on any atom is -0.494 e. The number of hydrogen-bond donors (Lipinski definition) is 2. The van der Waals surface area contributed by atoms with Crippen molar-refractivity contribution < 1.29 is 14.3 Å². The van der Waals surface area contributed by atoms with Crippen LogP contribution in [0.2, 0.25) is 0 Å². The van der Waals surface area contributed by atoms with E-state index in [4.69, 9.17) is 9.72 Å². The molecule has 0 spiro atoms. The summed E-state index contributed by atoms with van der Waals surface area (Å²) in [6, 6.07) is 28.8. The second-order valence-corrected chi connectivity index (χ2v) is 11.1. The van der Waals surface area contributed by atoms with Crippen LogP contribution in [0.25, 0.3) is 16.6 Å². The number of nitrogens with zero attached hydrogens (tertiary/aromatic N) is 2. The zero-order chi connectivity index (χ0) is 30.3. The van der Waals surface area contributed by atoms with Gasteiger partial charge >= 0.3 is 0 Å². The number of carbonyl (C=O) groups excluding carboxylic acids is 2. The highest BCUT2D eigenvalue weighted by atomic mass is 32.2. The third-order valence-corrected chi connectivity index (χ3v) is 7.69. The van der Waals surface area contributed by atoms with Crippen LogP contribution in [-0.2, 0) is 4.79 Å². The van der Waals surface area contributed by atoms with E-state index in [1.54, 1.807) is 65.2 Å². The molecule has 2 N–H and O–H groups in total. The summed E-state index contributed by atoms with van der Waals surface area (Å²) in [6.07, 6.45) is 0. The van der Waals surface area contributed by atoms with Crippen LogP contribution in [0.15, 0.2) is 107 Å². The first-order valence-electron chi connectivity index (χ1n) is 14.0. The molecule has 0 bridgehead atoms. The number of fused-ring (bicyclic) bond motifs is 1. The number of ether oxygens (including phenoxy) is 1. The maximum absolute atomic E-state index is 13.5. The van der Waals surface area contributed by atoms with Gasteiger partial charge in [0, 0.05) is 16.9 Å². The van der Waals surface area contributed by atoms with Crippen molar-refractivity contribution in [3.63, 3.8) is 0 Å². The standard InChI is InChI=1S/C34H32N4O4S/c1-4-42-28-19-15-26(16-20-28)36-32(40)24-9-13-25(14-10-24)35-31(39)21-43-34-37-30-8-6-5-7-29(30)33(41)38(34)27-17-11-23(12-18-27)22(2)3/h5-20,22H,4,21H2,1-3H3,(H,35,39)(H,36,40). The largest absolute Gasteiger partial charge is 0.494 e. The fourth-order valence-corrected chi connectivity index (χ4v) is 5.29. The van der Waals surface area contributed by atoms with Crippen molar-refractivity contribution in [2.75, 3.05) is 23.0 Å². The Kier molecular flexibility index (Phi) is 9.22. The summed E-state index contributed by atoms with van der Waals surface area (Å²) in [5.41, 5.74) is 3.90. The Balaban J connectivity index is 1.26. The van der Waals surface area contributed by atoms with Crippen LogP contribution in [0, 0.1) is 0 Å². The second-order valence-electron chi connectivity index (χ2n) is 10.1. The van der Waals surface area contributed by atoms with Crippen molar-refractivity contribution in [3.05, 3.63) is 119 Å². The quantitative estimate of drug-likeness (QED) is 0.135. The van der Waals surface area contributed by atoms with Gasteiger partial charge in [-0.25, -0.2) is 4.98 Å². The van der Waals surface area contributed by atoms with Gasteiger partial charge in [0.25, 0.3) is 11.5 Å². The molecule has 0 fully saturated rings. The average molecular weight is 593 g/mol. The number of nitrogens with one attached hydrogen (secondary N) is 2. The molecule has 0 saturated carbocycles. The summed E-state index contributed by atoms with van der Waals surface area (Å²) in [5, 5.41) is 6.65. The summed E-state index contributed by atoms with van der Waals surface area (Å²) >= 11 is 1.19. The van der Waals surface area contributed by atoms with E-state index in [0.29, 0.717) is 51.2 Å². The summed E-state index contributed by atoms with van der Waals surface area (Å²) in [7, 11) is 0. The van der Waals surface area contributed by atoms with Crippen LogP contribution in [0.1, 0.15) is 42.6 Å². The first kappa shape index (κ1) is 29.6. The highest BCUT2D eigenvalue weighted by Crippen LogP contribution is 2.24. The van der Waals surface area contributed by atoms with Crippen LogP contribution in [0.3, 0.4) is 0 Å². The molecule has 8 nitrogen and oxygen atoms in total. The van der Waals surface area contributed by atoms with Gasteiger partial charge in [-0.3, -0.25) is 19.0 Å². The number of thioether (sulfide) groups is 1. The lowest BCUT2D eigenvalue weighted by Crippen LogP contribution is -2.23. The number of anilines is 2. The van der Waals surface area contributed by atoms with E-state index >= 15 is 0 Å². The molecule has 2 amide bonds. The number of aromatic nitrogens is 2. The van der Waals surface area contributed by atoms with Crippen LogP contribution in [0.4, 0.5) is 11.4 Å². The van der Waals surface area contributed by atoms with E-state index in [1.807, 2.05) is 43.3 Å². The molecule has 0 unspecified atom stereocenters. The molecule has 0 saturated heterocycles. The van der Waals surface area contributed by atoms with Gasteiger partial charge < -0.3 is 15.4 Å². The van der Waals surface area contributed by atoms with Crippen LogP contribution >= 0.6 is 11.8 Å². The summed E-state index contributed by atoms with van der Waals surface area (Å²) in [6.45, 7) is 6.71. The minimum absolute atomic E-state index is 0.0365. The topological polar surface area (TPSA) is 102 Å². The molecule has 5 rings (SSSR count). The van der Waals surface area contributed by atoms with Crippen molar-refractivity contribution in [2.24, 2.45) is 0 Å². The highest BCUT2D eigenvalue weighted by molar-refractivity contribution is 7.99. The number of amides is 2. The molecule has 218 valence electrons. The first-order valence-corrected chi connectivity index (χ1v) is 15.0. The molecule has 0 atom stereocenters. The smallest absolute Gasteiger partial charge is 0.266 e. The van der Waals surface area contributed by atoms with E-state index in [2.05, 4.69) is 24.5 Å². The molecule has 43 heavy (non-hydrogen) atoms. The van der Waals surface area contributed by atoms with Gasteiger partial charge in [-0.05, 0) is 91.2 Å². The lowest BCUT2D eigenvalue weighted by atomic mass is 10.0. The molecular weight excluding hydrogens is 560 g/mol. The van der Waals surface area contributed by atoms with Gasteiger partial charge in [-0.1, -0.05) is 49.9 Å². The summed E-state index contributed by atoms with van der Waals surface area (Å²) < 4.78 is 6.99. The number of para-hydroxylation sites is 1. The van der Waals surface area contributed by atoms with Crippen LogP contribution in [-0.4, -0.2) is 33.7 Å². The van der Waals surface area contributed by atoms with Crippen LogP contribution < -0.4 is 20.9 Å². The van der Waals surface area contributed by atoms with Gasteiger partial charge in [0.15, 0.2) is 5.16 Å². The highest BCUT2D eigenvalue weighted by Gasteiger charge is 2.16. The number of carbonyl (C=O) groups is 2. The normalized spacial score (nSPS) is 11.0. The molecule has 1 aromatic heterocycles. The van der Waals surface area contributed by atoms with E-state index in [-0.39, 0.29) is 23.1 Å². The van der Waals surface area contributed by atoms with Gasteiger partial charge in [0.1, 0.15) is 5.75 Å². The molecule has 0 radical (unpaired) electrons. The van der Waals surface area contributed by atoms with Gasteiger partial charge in [-0.2, -0.15) is 0 Å². The number of benzene rings is 4. The first-order chi connectivity index (χ1) is 20.8. The van der Waals surface area contributed by atoms with Crippen molar-refractivity contribution in [1.29, 1.82) is 0 Å². The van der Waals surface area contributed by atoms with Gasteiger partial charge in [-0.15, -0.1) is 0 Å².